The Morgan fingerprint density at radius 2 is 1.88 bits per heavy atom. The number of aromatic amines is 1. The normalized spacial score (nSPS) is 16.6. The van der Waals surface area contributed by atoms with Gasteiger partial charge in [0, 0.05) is 32.6 Å². The summed E-state index contributed by atoms with van der Waals surface area (Å²) in [5.74, 6) is 1.01. The largest absolute Gasteiger partial charge is 0.506 e. The van der Waals surface area contributed by atoms with E-state index in [0.29, 0.717) is 38.1 Å². The van der Waals surface area contributed by atoms with Crippen LogP contribution in [0.15, 0.2) is 64.1 Å². The van der Waals surface area contributed by atoms with Crippen molar-refractivity contribution in [1.82, 2.24) is 20.5 Å². The molecule has 1 amide bonds. The molecule has 1 fully saturated rings. The summed E-state index contributed by atoms with van der Waals surface area (Å²) in [6, 6.07) is 13.9. The fraction of sp³-hybridized carbons (Fsp3) is 0.469. The van der Waals surface area contributed by atoms with Crippen LogP contribution in [0.4, 0.5) is 0 Å². The molecular formula is C32H40N4O3S. The number of rotatable bonds is 14. The highest BCUT2D eigenvalue weighted by atomic mass is 32.1. The van der Waals surface area contributed by atoms with Gasteiger partial charge in [-0.05, 0) is 92.3 Å². The third-order valence-electron chi connectivity index (χ3n) is 7.97. The Bertz CT molecular complexity index is 1420. The van der Waals surface area contributed by atoms with E-state index in [4.69, 9.17) is 0 Å². The number of fused-ring (bicyclic) bond motifs is 3. The molecule has 8 heteroatoms. The Balaban J connectivity index is 1.13. The molecule has 40 heavy (non-hydrogen) atoms. The molecule has 5 rings (SSSR count). The van der Waals surface area contributed by atoms with E-state index in [2.05, 4.69) is 45.6 Å². The maximum absolute atomic E-state index is 13.3. The van der Waals surface area contributed by atoms with Gasteiger partial charge in [0.15, 0.2) is 0 Å². The lowest BCUT2D eigenvalue weighted by Crippen LogP contribution is -2.40. The minimum atomic E-state index is -0.162. The summed E-state index contributed by atoms with van der Waals surface area (Å²) in [5.41, 5.74) is 9.24. The number of nitrogens with zero attached hydrogens (tertiary/aromatic N) is 1. The van der Waals surface area contributed by atoms with Crippen LogP contribution in [0.5, 0.6) is 5.75 Å². The molecule has 212 valence electrons. The van der Waals surface area contributed by atoms with E-state index in [-0.39, 0.29) is 16.5 Å². The number of carbonyl (C=O) groups is 1. The van der Waals surface area contributed by atoms with Gasteiger partial charge in [0.25, 0.3) is 0 Å². The van der Waals surface area contributed by atoms with Gasteiger partial charge >= 0.3 is 4.87 Å². The molecule has 1 heterocycles. The minimum Gasteiger partial charge on any atom is -0.506 e. The van der Waals surface area contributed by atoms with Gasteiger partial charge in [-0.3, -0.25) is 9.59 Å². The van der Waals surface area contributed by atoms with Crippen LogP contribution in [0.1, 0.15) is 49.7 Å². The molecule has 2 aromatic carbocycles. The second-order valence-corrected chi connectivity index (χ2v) is 12.0. The monoisotopic (exact) mass is 560 g/mol. The van der Waals surface area contributed by atoms with Gasteiger partial charge in [0.1, 0.15) is 11.3 Å². The molecule has 7 nitrogen and oxygen atoms in total. The van der Waals surface area contributed by atoms with Gasteiger partial charge in [0.2, 0.25) is 5.91 Å². The highest BCUT2D eigenvalue weighted by Gasteiger charge is 2.24. The topological polar surface area (TPSA) is 97.5 Å². The second-order valence-electron chi connectivity index (χ2n) is 11.0. The third kappa shape index (κ3) is 7.73. The van der Waals surface area contributed by atoms with Crippen molar-refractivity contribution in [3.63, 3.8) is 0 Å². The number of aromatic nitrogens is 1. The van der Waals surface area contributed by atoms with Crippen molar-refractivity contribution in [3.05, 3.63) is 80.1 Å². The summed E-state index contributed by atoms with van der Waals surface area (Å²) in [6.07, 6.45) is 8.14. The van der Waals surface area contributed by atoms with Gasteiger partial charge in [-0.1, -0.05) is 47.7 Å². The first-order valence-electron chi connectivity index (χ1n) is 14.6. The fourth-order valence-corrected chi connectivity index (χ4v) is 6.81. The molecule has 2 bridgehead atoms. The lowest BCUT2D eigenvalue weighted by molar-refractivity contribution is -0.130. The van der Waals surface area contributed by atoms with Crippen molar-refractivity contribution < 1.29 is 9.90 Å². The predicted octanol–water partition coefficient (Wildman–Crippen LogP) is 4.52. The Morgan fingerprint density at radius 1 is 1.05 bits per heavy atom. The summed E-state index contributed by atoms with van der Waals surface area (Å²) >= 11 is 1.13. The first-order chi connectivity index (χ1) is 19.5. The molecule has 4 N–H and O–H groups in total. The quantitative estimate of drug-likeness (QED) is 0.172. The fourth-order valence-electron chi connectivity index (χ4n) is 5.91. The number of H-pyrrole nitrogens is 1. The predicted molar refractivity (Wildman–Crippen MR) is 162 cm³/mol. The molecule has 2 aliphatic carbocycles. The molecule has 0 saturated heterocycles. The minimum absolute atomic E-state index is 0.102. The number of thiazole rings is 1. The van der Waals surface area contributed by atoms with Crippen LogP contribution in [-0.4, -0.2) is 60.2 Å². The van der Waals surface area contributed by atoms with Crippen LogP contribution in [0, 0.1) is 5.92 Å². The summed E-state index contributed by atoms with van der Waals surface area (Å²) in [6.45, 7) is 4.28. The Hall–Kier alpha value is -3.16. The standard InChI is InChI=1S/C32H40N4O3S/c37-28-10-9-27(31-30(28)35-32(39)40-31)12-15-34-17-18-36(22-26-20-24-7-4-8-25(19-24)21-26)29(38)13-16-33-14-11-23-5-2-1-3-6-23/h1-3,5-6,9-10,24,33-34,37H,4,7-8,11-20,22H2,(H,35,39). The second kappa shape index (κ2) is 14.0. The molecule has 1 unspecified atom stereocenters. The Morgan fingerprint density at radius 3 is 2.73 bits per heavy atom. The molecule has 0 spiro atoms. The van der Waals surface area contributed by atoms with Gasteiger partial charge < -0.3 is 25.6 Å². The molecule has 2 aliphatic rings. The van der Waals surface area contributed by atoms with Crippen LogP contribution >= 0.6 is 11.3 Å². The molecule has 1 atom stereocenters. The highest BCUT2D eigenvalue weighted by molar-refractivity contribution is 7.16. The van der Waals surface area contributed by atoms with Crippen molar-refractivity contribution in [1.29, 1.82) is 0 Å². The number of carbonyl (C=O) groups excluding carboxylic acids is 1. The number of hydrogen-bond donors (Lipinski definition) is 4. The molecule has 1 saturated carbocycles. The van der Waals surface area contributed by atoms with Crippen LogP contribution in [0.25, 0.3) is 10.2 Å². The van der Waals surface area contributed by atoms with Crippen LogP contribution < -0.4 is 15.5 Å². The van der Waals surface area contributed by atoms with Crippen molar-refractivity contribution in [3.8, 4) is 5.75 Å². The van der Waals surface area contributed by atoms with E-state index in [1.807, 2.05) is 17.0 Å². The number of benzene rings is 2. The average Bonchev–Trinajstić information content (AvgIpc) is 3.36. The lowest BCUT2D eigenvalue weighted by Gasteiger charge is -2.30. The summed E-state index contributed by atoms with van der Waals surface area (Å²) < 4.78 is 0.811. The van der Waals surface area contributed by atoms with Gasteiger partial charge in [-0.2, -0.15) is 0 Å². The Kier molecular flexibility index (Phi) is 9.90. The zero-order chi connectivity index (χ0) is 27.7. The Labute approximate surface area is 240 Å². The average molecular weight is 561 g/mol. The van der Waals surface area contributed by atoms with E-state index in [0.717, 1.165) is 66.3 Å². The summed E-state index contributed by atoms with van der Waals surface area (Å²) in [5, 5.41) is 17.0. The van der Waals surface area contributed by atoms with Crippen LogP contribution in [0.3, 0.4) is 0 Å². The van der Waals surface area contributed by atoms with Gasteiger partial charge in [-0.15, -0.1) is 5.73 Å². The first-order valence-corrected chi connectivity index (χ1v) is 15.4. The van der Waals surface area contributed by atoms with E-state index in [1.54, 1.807) is 6.07 Å². The van der Waals surface area contributed by atoms with E-state index in [9.17, 15) is 14.7 Å². The number of aromatic hydroxyl groups is 1. The summed E-state index contributed by atoms with van der Waals surface area (Å²) in [4.78, 5) is 29.7. The maximum atomic E-state index is 13.3. The molecular weight excluding hydrogens is 520 g/mol. The first kappa shape index (κ1) is 28.4. The summed E-state index contributed by atoms with van der Waals surface area (Å²) in [7, 11) is 0. The SMILES string of the molecule is O=C(CCNCCc1ccccc1)N(CCNCCc1ccc(O)c2[nH]c(=O)sc12)CC1=C=C2CCCC(C2)C1. The van der Waals surface area contributed by atoms with Crippen molar-refractivity contribution in [2.24, 2.45) is 5.92 Å². The third-order valence-corrected chi connectivity index (χ3v) is 8.92. The molecule has 3 aromatic rings. The van der Waals surface area contributed by atoms with Crippen LogP contribution in [-0.2, 0) is 17.6 Å². The number of phenols is 1. The van der Waals surface area contributed by atoms with E-state index in [1.165, 1.54) is 36.0 Å². The van der Waals surface area contributed by atoms with Crippen molar-refractivity contribution in [2.75, 3.05) is 39.3 Å². The molecule has 1 aromatic heterocycles. The zero-order valence-electron chi connectivity index (χ0n) is 23.1. The van der Waals surface area contributed by atoms with Crippen molar-refractivity contribution in [2.45, 2.75) is 51.4 Å². The number of amides is 1. The van der Waals surface area contributed by atoms with Crippen molar-refractivity contribution >= 4 is 27.5 Å². The molecule has 0 radical (unpaired) electrons. The number of nitrogens with one attached hydrogen (secondary N) is 3. The lowest BCUT2D eigenvalue weighted by atomic mass is 9.78. The molecule has 0 aliphatic heterocycles. The zero-order valence-corrected chi connectivity index (χ0v) is 24.0. The smallest absolute Gasteiger partial charge is 0.305 e. The number of phenolic OH excluding ortho intramolecular Hbond substituents is 1. The van der Waals surface area contributed by atoms with Crippen LogP contribution in [0.2, 0.25) is 0 Å². The van der Waals surface area contributed by atoms with Gasteiger partial charge in [-0.25, -0.2) is 0 Å². The maximum Gasteiger partial charge on any atom is 0.305 e. The highest BCUT2D eigenvalue weighted by Crippen LogP contribution is 2.35. The van der Waals surface area contributed by atoms with Gasteiger partial charge in [0.05, 0.1) is 4.70 Å². The number of hydrogen-bond acceptors (Lipinski definition) is 6. The van der Waals surface area contributed by atoms with E-state index < -0.39 is 0 Å². The van der Waals surface area contributed by atoms with E-state index >= 15 is 0 Å².